The van der Waals surface area contributed by atoms with Crippen LogP contribution in [-0.4, -0.2) is 34.5 Å². The maximum atomic E-state index is 11.1. The Balaban J connectivity index is 1.93. The smallest absolute Gasteiger partial charge is 0.240 e. The number of carbonyl (C=O) groups excluding carboxylic acids is 1. The molecule has 0 unspecified atom stereocenters. The first-order valence-electron chi connectivity index (χ1n) is 5.05. The summed E-state index contributed by atoms with van der Waals surface area (Å²) in [6.45, 7) is 0.853. The van der Waals surface area contributed by atoms with E-state index in [9.17, 15) is 4.79 Å². The molecule has 0 aromatic carbocycles. The van der Waals surface area contributed by atoms with Gasteiger partial charge >= 0.3 is 0 Å². The summed E-state index contributed by atoms with van der Waals surface area (Å²) >= 11 is 5.23. The van der Waals surface area contributed by atoms with E-state index in [1.165, 1.54) is 12.8 Å². The van der Waals surface area contributed by atoms with Gasteiger partial charge in [0.25, 0.3) is 0 Å². The molecule has 78 valence electrons. The first-order valence-corrected chi connectivity index (χ1v) is 5.46. The van der Waals surface area contributed by atoms with Crippen LogP contribution >= 0.6 is 12.2 Å². The molecule has 1 aliphatic carbocycles. The Morgan fingerprint density at radius 3 is 2.71 bits per heavy atom. The molecule has 1 heterocycles. The predicted octanol–water partition coefficient (Wildman–Crippen LogP) is -0.0270. The Hall–Kier alpha value is -0.840. The Bertz CT molecular complexity index is 265. The second kappa shape index (κ2) is 3.73. The van der Waals surface area contributed by atoms with Crippen molar-refractivity contribution in [1.82, 2.24) is 10.2 Å². The highest BCUT2D eigenvalue weighted by molar-refractivity contribution is 7.80. The lowest BCUT2D eigenvalue weighted by Crippen LogP contribution is -2.48. The molecule has 2 aliphatic rings. The predicted molar refractivity (Wildman–Crippen MR) is 57.7 cm³/mol. The molecule has 0 bridgehead atoms. The number of thiocarbonyl (C=S) groups is 1. The molecule has 1 aliphatic heterocycles. The Morgan fingerprint density at radius 2 is 2.14 bits per heavy atom. The highest BCUT2D eigenvalue weighted by Gasteiger charge is 2.32. The Labute approximate surface area is 88.8 Å². The fourth-order valence-electron chi connectivity index (χ4n) is 1.79. The van der Waals surface area contributed by atoms with Crippen LogP contribution in [0.25, 0.3) is 0 Å². The van der Waals surface area contributed by atoms with Crippen LogP contribution in [0.1, 0.15) is 25.7 Å². The van der Waals surface area contributed by atoms with Gasteiger partial charge in [-0.2, -0.15) is 0 Å². The second-order valence-electron chi connectivity index (χ2n) is 3.98. The van der Waals surface area contributed by atoms with E-state index >= 15 is 0 Å². The average molecular weight is 213 g/mol. The summed E-state index contributed by atoms with van der Waals surface area (Å²) in [4.78, 5) is 13.0. The summed E-state index contributed by atoms with van der Waals surface area (Å²) in [5, 5.41) is 3.93. The number of hydrogen-bond acceptors (Lipinski definition) is 2. The minimum absolute atomic E-state index is 0.186. The van der Waals surface area contributed by atoms with Crippen molar-refractivity contribution >= 4 is 23.2 Å². The molecule has 0 spiro atoms. The van der Waals surface area contributed by atoms with Crippen molar-refractivity contribution in [3.63, 3.8) is 0 Å². The van der Waals surface area contributed by atoms with Crippen LogP contribution in [0.4, 0.5) is 0 Å². The quantitative estimate of drug-likeness (QED) is 0.633. The number of nitrogens with two attached hydrogens (primary N) is 1. The van der Waals surface area contributed by atoms with E-state index in [1.807, 2.05) is 4.90 Å². The van der Waals surface area contributed by atoms with Gasteiger partial charge in [-0.15, -0.1) is 0 Å². The van der Waals surface area contributed by atoms with Crippen LogP contribution in [0.3, 0.4) is 0 Å². The van der Waals surface area contributed by atoms with Crippen LogP contribution < -0.4 is 11.1 Å². The third kappa shape index (κ3) is 1.97. The van der Waals surface area contributed by atoms with Crippen molar-refractivity contribution in [1.29, 1.82) is 0 Å². The maximum absolute atomic E-state index is 11.1. The van der Waals surface area contributed by atoms with Crippen molar-refractivity contribution in [3.8, 4) is 0 Å². The van der Waals surface area contributed by atoms with Crippen LogP contribution in [0.15, 0.2) is 0 Å². The van der Waals surface area contributed by atoms with Gasteiger partial charge in [0.1, 0.15) is 6.04 Å². The second-order valence-corrected chi connectivity index (χ2v) is 4.36. The molecule has 1 saturated heterocycles. The Kier molecular flexibility index (Phi) is 2.58. The average Bonchev–Trinajstić information content (AvgIpc) is 2.81. The lowest BCUT2D eigenvalue weighted by Gasteiger charge is -2.25. The molecule has 1 amide bonds. The van der Waals surface area contributed by atoms with E-state index in [2.05, 4.69) is 5.32 Å². The number of primary amides is 1. The first kappa shape index (κ1) is 9.71. The van der Waals surface area contributed by atoms with Gasteiger partial charge in [-0.1, -0.05) is 0 Å². The van der Waals surface area contributed by atoms with E-state index in [0.29, 0.717) is 11.2 Å². The highest BCUT2D eigenvalue weighted by atomic mass is 32.1. The van der Waals surface area contributed by atoms with Crippen molar-refractivity contribution in [3.05, 3.63) is 0 Å². The molecular weight excluding hydrogens is 198 g/mol. The lowest BCUT2D eigenvalue weighted by molar-refractivity contribution is -0.121. The number of likely N-dealkylation sites (tertiary alicyclic amines) is 1. The normalized spacial score (nSPS) is 26.3. The standard InChI is InChI=1S/C9H15N3OS/c10-8(13)7-2-1-5-12(7)9(14)11-6-3-4-6/h6-7H,1-5H2,(H2,10,13)(H,11,14)/t7-/m1/s1. The van der Waals surface area contributed by atoms with Gasteiger partial charge in [-0.05, 0) is 37.9 Å². The number of hydrogen-bond donors (Lipinski definition) is 2. The van der Waals surface area contributed by atoms with Gasteiger partial charge in [0.15, 0.2) is 5.11 Å². The zero-order valence-corrected chi connectivity index (χ0v) is 8.85. The number of carbonyl (C=O) groups is 1. The minimum Gasteiger partial charge on any atom is -0.368 e. The van der Waals surface area contributed by atoms with Crippen molar-refractivity contribution in [2.24, 2.45) is 5.73 Å². The van der Waals surface area contributed by atoms with Crippen molar-refractivity contribution in [2.45, 2.75) is 37.8 Å². The van der Waals surface area contributed by atoms with E-state index in [1.54, 1.807) is 0 Å². The van der Waals surface area contributed by atoms with E-state index in [0.717, 1.165) is 19.4 Å². The molecule has 1 saturated carbocycles. The number of nitrogens with zero attached hydrogens (tertiary/aromatic N) is 1. The molecule has 0 radical (unpaired) electrons. The summed E-state index contributed by atoms with van der Waals surface area (Å²) in [7, 11) is 0. The molecule has 0 aromatic rings. The summed E-state index contributed by atoms with van der Waals surface area (Å²) in [5.74, 6) is -0.262. The number of nitrogens with one attached hydrogen (secondary N) is 1. The topological polar surface area (TPSA) is 58.4 Å². The minimum atomic E-state index is -0.262. The van der Waals surface area contributed by atoms with Crippen molar-refractivity contribution < 1.29 is 4.79 Å². The first-order chi connectivity index (χ1) is 6.68. The van der Waals surface area contributed by atoms with E-state index < -0.39 is 0 Å². The fraction of sp³-hybridized carbons (Fsp3) is 0.778. The van der Waals surface area contributed by atoms with E-state index in [4.69, 9.17) is 18.0 Å². The van der Waals surface area contributed by atoms with Gasteiger partial charge in [0.2, 0.25) is 5.91 Å². The maximum Gasteiger partial charge on any atom is 0.240 e. The Morgan fingerprint density at radius 1 is 1.43 bits per heavy atom. The molecule has 3 N–H and O–H groups in total. The third-order valence-electron chi connectivity index (χ3n) is 2.75. The summed E-state index contributed by atoms with van der Waals surface area (Å²) in [6, 6.07) is 0.352. The van der Waals surface area contributed by atoms with Gasteiger partial charge < -0.3 is 16.0 Å². The summed E-state index contributed by atoms with van der Waals surface area (Å²) < 4.78 is 0. The van der Waals surface area contributed by atoms with Crippen LogP contribution in [0.2, 0.25) is 0 Å². The van der Waals surface area contributed by atoms with Crippen LogP contribution in [-0.2, 0) is 4.79 Å². The van der Waals surface area contributed by atoms with Gasteiger partial charge in [0, 0.05) is 12.6 Å². The zero-order chi connectivity index (χ0) is 10.1. The summed E-state index contributed by atoms with van der Waals surface area (Å²) in [5.41, 5.74) is 5.30. The van der Waals surface area contributed by atoms with Gasteiger partial charge in [0.05, 0.1) is 0 Å². The largest absolute Gasteiger partial charge is 0.368 e. The third-order valence-corrected chi connectivity index (χ3v) is 3.10. The lowest BCUT2D eigenvalue weighted by atomic mass is 10.2. The number of rotatable bonds is 2. The molecule has 0 aromatic heterocycles. The monoisotopic (exact) mass is 213 g/mol. The van der Waals surface area contributed by atoms with Crippen molar-refractivity contribution in [2.75, 3.05) is 6.54 Å². The molecule has 2 rings (SSSR count). The molecular formula is C9H15N3OS. The van der Waals surface area contributed by atoms with Crippen LogP contribution in [0, 0.1) is 0 Å². The van der Waals surface area contributed by atoms with Crippen LogP contribution in [0.5, 0.6) is 0 Å². The SMILES string of the molecule is NC(=O)[C@H]1CCCN1C(=S)NC1CC1. The molecule has 1 atom stereocenters. The van der Waals surface area contributed by atoms with E-state index in [-0.39, 0.29) is 11.9 Å². The molecule has 4 nitrogen and oxygen atoms in total. The molecule has 14 heavy (non-hydrogen) atoms. The fourth-order valence-corrected chi connectivity index (χ4v) is 2.18. The molecule has 5 heteroatoms. The molecule has 2 fully saturated rings. The number of amides is 1. The van der Waals surface area contributed by atoms with Gasteiger partial charge in [-0.3, -0.25) is 4.79 Å². The summed E-state index contributed by atoms with van der Waals surface area (Å²) in [6.07, 6.45) is 4.21. The highest BCUT2D eigenvalue weighted by Crippen LogP contribution is 2.22. The zero-order valence-electron chi connectivity index (χ0n) is 8.03. The van der Waals surface area contributed by atoms with Gasteiger partial charge in [-0.25, -0.2) is 0 Å².